The minimum Gasteiger partial charge on any atom is -0.497 e. The maximum absolute atomic E-state index is 11.6. The van der Waals surface area contributed by atoms with Gasteiger partial charge in [0.05, 0.1) is 12.7 Å². The number of aromatic nitrogens is 1. The maximum Gasteiger partial charge on any atom is 0.258 e. The quantitative estimate of drug-likeness (QED) is 0.778. The summed E-state index contributed by atoms with van der Waals surface area (Å²) in [6.07, 6.45) is 3.03. The van der Waals surface area contributed by atoms with E-state index < -0.39 is 0 Å². The van der Waals surface area contributed by atoms with Crippen molar-refractivity contribution in [2.24, 2.45) is 0 Å². The van der Waals surface area contributed by atoms with E-state index in [9.17, 15) is 9.59 Å². The summed E-state index contributed by atoms with van der Waals surface area (Å²) in [6.45, 7) is 0. The first-order valence-corrected chi connectivity index (χ1v) is 5.41. The van der Waals surface area contributed by atoms with Crippen LogP contribution in [-0.4, -0.2) is 23.9 Å². The molecule has 3 rings (SSSR count). The number of hydrogen-bond donors (Lipinski definition) is 2. The van der Waals surface area contributed by atoms with Crippen molar-refractivity contribution in [2.45, 2.75) is 0 Å². The molecule has 1 aromatic heterocycles. The first-order chi connectivity index (χ1) is 8.69. The standard InChI is InChI=1S/C13H10N2O3/c1-18-7-2-3-8-10(6-14-11(8)4-7)9-5-12(16)15-13(9)17/h2-6,14H,1H3,(H,15,16,17). The predicted octanol–water partition coefficient (Wildman–Crippen LogP) is 1.22. The van der Waals surface area contributed by atoms with E-state index >= 15 is 0 Å². The molecule has 0 radical (unpaired) electrons. The van der Waals surface area contributed by atoms with Crippen LogP contribution in [0, 0.1) is 0 Å². The number of methoxy groups -OCH3 is 1. The van der Waals surface area contributed by atoms with Crippen LogP contribution in [0.15, 0.2) is 30.5 Å². The summed E-state index contributed by atoms with van der Waals surface area (Å²) in [4.78, 5) is 25.8. The Labute approximate surface area is 102 Å². The number of rotatable bonds is 2. The summed E-state index contributed by atoms with van der Waals surface area (Å²) in [5.74, 6) is -0.00795. The molecule has 0 spiro atoms. The minimum atomic E-state index is -0.377. The monoisotopic (exact) mass is 242 g/mol. The molecule has 2 heterocycles. The number of ether oxygens (including phenoxy) is 1. The number of carbonyl (C=O) groups excluding carboxylic acids is 2. The zero-order valence-electron chi connectivity index (χ0n) is 9.61. The summed E-state index contributed by atoms with van der Waals surface area (Å²) < 4.78 is 5.13. The van der Waals surface area contributed by atoms with E-state index in [-0.39, 0.29) is 11.8 Å². The zero-order chi connectivity index (χ0) is 12.7. The van der Waals surface area contributed by atoms with Gasteiger partial charge in [-0.3, -0.25) is 14.9 Å². The number of nitrogens with one attached hydrogen (secondary N) is 2. The number of imide groups is 1. The van der Waals surface area contributed by atoms with Crippen molar-refractivity contribution in [3.63, 3.8) is 0 Å². The molecule has 0 saturated heterocycles. The van der Waals surface area contributed by atoms with Gasteiger partial charge in [-0.2, -0.15) is 0 Å². The molecular weight excluding hydrogens is 232 g/mol. The maximum atomic E-state index is 11.6. The molecular formula is C13H10N2O3. The molecule has 0 fully saturated rings. The third-order valence-electron chi connectivity index (χ3n) is 2.94. The average molecular weight is 242 g/mol. The van der Waals surface area contributed by atoms with Crippen LogP contribution in [-0.2, 0) is 9.59 Å². The highest BCUT2D eigenvalue weighted by Gasteiger charge is 2.24. The van der Waals surface area contributed by atoms with Crippen LogP contribution < -0.4 is 10.1 Å². The highest BCUT2D eigenvalue weighted by molar-refractivity contribution is 6.35. The van der Waals surface area contributed by atoms with Gasteiger partial charge in [-0.05, 0) is 12.1 Å². The Kier molecular flexibility index (Phi) is 2.19. The summed E-state index contributed by atoms with van der Waals surface area (Å²) >= 11 is 0. The molecule has 0 aliphatic carbocycles. The second-order valence-corrected chi connectivity index (χ2v) is 3.99. The fourth-order valence-electron chi connectivity index (χ4n) is 2.07. The first-order valence-electron chi connectivity index (χ1n) is 5.41. The van der Waals surface area contributed by atoms with Gasteiger partial charge in [0.25, 0.3) is 11.8 Å². The van der Waals surface area contributed by atoms with Crippen LogP contribution in [0.4, 0.5) is 0 Å². The van der Waals surface area contributed by atoms with Gasteiger partial charge in [0.15, 0.2) is 0 Å². The third-order valence-corrected chi connectivity index (χ3v) is 2.94. The molecule has 5 heteroatoms. The summed E-state index contributed by atoms with van der Waals surface area (Å²) in [5, 5.41) is 3.11. The molecule has 0 saturated carbocycles. The van der Waals surface area contributed by atoms with Crippen LogP contribution in [0.25, 0.3) is 16.5 Å². The Bertz CT molecular complexity index is 697. The lowest BCUT2D eigenvalue weighted by atomic mass is 10.1. The van der Waals surface area contributed by atoms with Crippen LogP contribution in [0.2, 0.25) is 0 Å². The van der Waals surface area contributed by atoms with Crippen LogP contribution in [0.5, 0.6) is 5.75 Å². The Balaban J connectivity index is 2.17. The Morgan fingerprint density at radius 3 is 2.72 bits per heavy atom. The van der Waals surface area contributed by atoms with Gasteiger partial charge in [0.1, 0.15) is 5.75 Å². The number of hydrogen-bond acceptors (Lipinski definition) is 3. The fourth-order valence-corrected chi connectivity index (χ4v) is 2.07. The molecule has 18 heavy (non-hydrogen) atoms. The van der Waals surface area contributed by atoms with E-state index in [1.807, 2.05) is 18.2 Å². The molecule has 2 amide bonds. The number of amides is 2. The number of H-pyrrole nitrogens is 1. The van der Waals surface area contributed by atoms with Crippen molar-refractivity contribution in [3.05, 3.63) is 36.0 Å². The molecule has 2 aromatic rings. The molecule has 5 nitrogen and oxygen atoms in total. The summed E-state index contributed by atoms with van der Waals surface area (Å²) in [5.41, 5.74) is 1.96. The van der Waals surface area contributed by atoms with Crippen molar-refractivity contribution in [2.75, 3.05) is 7.11 Å². The number of carbonyl (C=O) groups is 2. The first kappa shape index (κ1) is 10.6. The van der Waals surface area contributed by atoms with Crippen molar-refractivity contribution in [1.82, 2.24) is 10.3 Å². The highest BCUT2D eigenvalue weighted by Crippen LogP contribution is 2.29. The van der Waals surface area contributed by atoms with Crippen LogP contribution in [0.3, 0.4) is 0 Å². The van der Waals surface area contributed by atoms with Gasteiger partial charge in [-0.25, -0.2) is 0 Å². The van der Waals surface area contributed by atoms with Crippen LogP contribution >= 0.6 is 0 Å². The second kappa shape index (κ2) is 3.73. The second-order valence-electron chi connectivity index (χ2n) is 3.99. The molecule has 90 valence electrons. The molecule has 2 N–H and O–H groups in total. The lowest BCUT2D eigenvalue weighted by Crippen LogP contribution is -2.21. The van der Waals surface area contributed by atoms with Gasteiger partial charge in [0, 0.05) is 34.8 Å². The van der Waals surface area contributed by atoms with E-state index in [1.54, 1.807) is 13.3 Å². The summed E-state index contributed by atoms with van der Waals surface area (Å²) in [6, 6.07) is 5.51. The topological polar surface area (TPSA) is 71.2 Å². The summed E-state index contributed by atoms with van der Waals surface area (Å²) in [7, 11) is 1.59. The van der Waals surface area contributed by atoms with Gasteiger partial charge in [-0.1, -0.05) is 0 Å². The average Bonchev–Trinajstić information content (AvgIpc) is 2.91. The van der Waals surface area contributed by atoms with Crippen molar-refractivity contribution in [1.29, 1.82) is 0 Å². The lowest BCUT2D eigenvalue weighted by Gasteiger charge is -2.00. The van der Waals surface area contributed by atoms with Gasteiger partial charge < -0.3 is 9.72 Å². The van der Waals surface area contributed by atoms with E-state index in [0.29, 0.717) is 5.57 Å². The van der Waals surface area contributed by atoms with Crippen LogP contribution in [0.1, 0.15) is 5.56 Å². The number of fused-ring (bicyclic) bond motifs is 1. The van der Waals surface area contributed by atoms with Crippen molar-refractivity contribution >= 4 is 28.3 Å². The normalized spacial score (nSPS) is 14.8. The van der Waals surface area contributed by atoms with E-state index in [0.717, 1.165) is 22.2 Å². The fraction of sp³-hybridized carbons (Fsp3) is 0.0769. The van der Waals surface area contributed by atoms with Gasteiger partial charge in [0.2, 0.25) is 0 Å². The lowest BCUT2D eigenvalue weighted by molar-refractivity contribution is -0.123. The SMILES string of the molecule is COc1ccc2c(C3=CC(=O)NC3=O)c[nH]c2c1. The Morgan fingerprint density at radius 1 is 1.22 bits per heavy atom. The largest absolute Gasteiger partial charge is 0.497 e. The molecule has 0 unspecified atom stereocenters. The smallest absolute Gasteiger partial charge is 0.258 e. The molecule has 1 aliphatic heterocycles. The number of aromatic amines is 1. The molecule has 0 bridgehead atoms. The van der Waals surface area contributed by atoms with Gasteiger partial charge >= 0.3 is 0 Å². The van der Waals surface area contributed by atoms with E-state index in [1.165, 1.54) is 6.08 Å². The zero-order valence-corrected chi connectivity index (χ0v) is 9.61. The van der Waals surface area contributed by atoms with Crippen molar-refractivity contribution < 1.29 is 14.3 Å². The van der Waals surface area contributed by atoms with Gasteiger partial charge in [-0.15, -0.1) is 0 Å². The molecule has 1 aliphatic rings. The van der Waals surface area contributed by atoms with E-state index in [4.69, 9.17) is 4.74 Å². The van der Waals surface area contributed by atoms with E-state index in [2.05, 4.69) is 10.3 Å². The Morgan fingerprint density at radius 2 is 2.06 bits per heavy atom. The molecule has 0 atom stereocenters. The molecule has 1 aromatic carbocycles. The highest BCUT2D eigenvalue weighted by atomic mass is 16.5. The van der Waals surface area contributed by atoms with Crippen molar-refractivity contribution in [3.8, 4) is 5.75 Å². The third kappa shape index (κ3) is 1.48. The number of benzene rings is 1. The predicted molar refractivity (Wildman–Crippen MR) is 66.0 cm³/mol. The minimum absolute atomic E-state index is 0.364. The Hall–Kier alpha value is -2.56.